The van der Waals surface area contributed by atoms with Crippen LogP contribution in [-0.4, -0.2) is 24.4 Å². The fourth-order valence-corrected chi connectivity index (χ4v) is 2.86. The molecular formula is C19H22NO3-. The van der Waals surface area contributed by atoms with Gasteiger partial charge >= 0.3 is 0 Å². The van der Waals surface area contributed by atoms with Gasteiger partial charge in [0.2, 0.25) is 0 Å². The molecule has 0 radical (unpaired) electrons. The Labute approximate surface area is 137 Å². The van der Waals surface area contributed by atoms with Crippen LogP contribution < -0.4 is 4.74 Å². The second kappa shape index (κ2) is 7.13. The number of hydrogen-bond acceptors (Lipinski definition) is 4. The molecule has 0 amide bonds. The SMILES string of the molecule is CC1CCC(COc2ccccc2)(c2ccccc2)OCN1[O-]. The quantitative estimate of drug-likeness (QED) is 0.858. The number of para-hydroxylation sites is 1. The van der Waals surface area contributed by atoms with Crippen molar-refractivity contribution >= 4 is 0 Å². The molecular weight excluding hydrogens is 290 g/mol. The van der Waals surface area contributed by atoms with Crippen molar-refractivity contribution in [3.05, 3.63) is 71.4 Å². The standard InChI is InChI=1S/C19H22NO3/c1-16-12-13-19(23-15-20(16)21,17-8-4-2-5-9-17)14-22-18-10-6-3-7-11-18/h2-11,16H,12-15H2,1H3/q-1. The van der Waals surface area contributed by atoms with Gasteiger partial charge in [-0.15, -0.1) is 0 Å². The molecule has 0 aromatic heterocycles. The highest BCUT2D eigenvalue weighted by atomic mass is 16.6. The Bertz CT molecular complexity index is 591. The molecule has 2 aromatic carbocycles. The molecule has 1 aliphatic rings. The second-order valence-corrected chi connectivity index (χ2v) is 6.04. The lowest BCUT2D eigenvalue weighted by Crippen LogP contribution is -2.37. The fraction of sp³-hybridized carbons (Fsp3) is 0.368. The fourth-order valence-electron chi connectivity index (χ4n) is 2.86. The van der Waals surface area contributed by atoms with Gasteiger partial charge < -0.3 is 19.7 Å². The number of benzene rings is 2. The third-order valence-electron chi connectivity index (χ3n) is 4.44. The minimum atomic E-state index is -0.593. The summed E-state index contributed by atoms with van der Waals surface area (Å²) in [6.07, 6.45) is 1.53. The molecule has 1 aliphatic heterocycles. The molecule has 0 saturated carbocycles. The number of hydroxylamine groups is 2. The van der Waals surface area contributed by atoms with Crippen molar-refractivity contribution in [1.82, 2.24) is 5.06 Å². The Balaban J connectivity index is 1.84. The first-order valence-electron chi connectivity index (χ1n) is 8.01. The molecule has 1 heterocycles. The summed E-state index contributed by atoms with van der Waals surface area (Å²) in [7, 11) is 0. The van der Waals surface area contributed by atoms with Gasteiger partial charge in [-0.05, 0) is 36.6 Å². The van der Waals surface area contributed by atoms with Gasteiger partial charge in [-0.1, -0.05) is 55.5 Å². The van der Waals surface area contributed by atoms with E-state index in [9.17, 15) is 5.21 Å². The highest BCUT2D eigenvalue weighted by Gasteiger charge is 2.37. The summed E-state index contributed by atoms with van der Waals surface area (Å²) in [5, 5.41) is 13.0. The van der Waals surface area contributed by atoms with Crippen LogP contribution in [0.15, 0.2) is 60.7 Å². The largest absolute Gasteiger partial charge is 0.783 e. The summed E-state index contributed by atoms with van der Waals surface area (Å²) in [5.41, 5.74) is 0.461. The molecule has 3 rings (SSSR count). The van der Waals surface area contributed by atoms with Gasteiger partial charge in [0.15, 0.2) is 0 Å². The van der Waals surface area contributed by atoms with E-state index in [0.717, 1.165) is 29.2 Å². The molecule has 0 bridgehead atoms. The number of rotatable bonds is 4. The van der Waals surface area contributed by atoms with E-state index in [-0.39, 0.29) is 12.8 Å². The topological polar surface area (TPSA) is 44.8 Å². The summed E-state index contributed by atoms with van der Waals surface area (Å²) in [6, 6.07) is 19.7. The Hall–Kier alpha value is -1.88. The zero-order valence-corrected chi connectivity index (χ0v) is 13.4. The van der Waals surface area contributed by atoms with Crippen LogP contribution in [0.2, 0.25) is 0 Å². The van der Waals surface area contributed by atoms with Crippen molar-refractivity contribution in [3.8, 4) is 5.75 Å². The van der Waals surface area contributed by atoms with Crippen LogP contribution in [0.3, 0.4) is 0 Å². The van der Waals surface area contributed by atoms with Gasteiger partial charge in [-0.2, -0.15) is 0 Å². The molecule has 1 saturated heterocycles. The zero-order chi connectivity index (χ0) is 16.1. The lowest BCUT2D eigenvalue weighted by atomic mass is 9.88. The predicted octanol–water partition coefficient (Wildman–Crippen LogP) is 3.92. The van der Waals surface area contributed by atoms with Crippen molar-refractivity contribution in [2.45, 2.75) is 31.4 Å². The third kappa shape index (κ3) is 3.72. The first kappa shape index (κ1) is 16.0. The molecule has 2 atom stereocenters. The Morgan fingerprint density at radius 3 is 2.48 bits per heavy atom. The molecule has 1 fully saturated rings. The number of nitrogens with zero attached hydrogens (tertiary/aromatic N) is 1. The normalized spacial score (nSPS) is 25.7. The number of hydrogen-bond donors (Lipinski definition) is 0. The minimum absolute atomic E-state index is 0.0442. The van der Waals surface area contributed by atoms with E-state index in [1.54, 1.807) is 0 Å². The van der Waals surface area contributed by atoms with Crippen molar-refractivity contribution in [1.29, 1.82) is 0 Å². The maximum Gasteiger partial charge on any atom is 0.129 e. The van der Waals surface area contributed by atoms with Crippen molar-refractivity contribution in [2.75, 3.05) is 13.3 Å². The van der Waals surface area contributed by atoms with Crippen LogP contribution in [0.25, 0.3) is 0 Å². The van der Waals surface area contributed by atoms with Crippen LogP contribution in [0, 0.1) is 5.21 Å². The van der Waals surface area contributed by atoms with Gasteiger partial charge in [0.25, 0.3) is 0 Å². The zero-order valence-electron chi connectivity index (χ0n) is 13.4. The summed E-state index contributed by atoms with van der Waals surface area (Å²) in [6.45, 7) is 2.39. The Kier molecular flexibility index (Phi) is 4.96. The molecule has 0 N–H and O–H groups in total. The van der Waals surface area contributed by atoms with Crippen molar-refractivity contribution in [2.24, 2.45) is 0 Å². The van der Waals surface area contributed by atoms with Gasteiger partial charge in [0.1, 0.15) is 18.0 Å². The second-order valence-electron chi connectivity index (χ2n) is 6.04. The van der Waals surface area contributed by atoms with Crippen molar-refractivity contribution < 1.29 is 9.47 Å². The molecule has 0 aliphatic carbocycles. The maximum atomic E-state index is 12.0. The Morgan fingerprint density at radius 2 is 1.78 bits per heavy atom. The van der Waals surface area contributed by atoms with Crippen LogP contribution in [0.5, 0.6) is 5.75 Å². The monoisotopic (exact) mass is 312 g/mol. The number of ether oxygens (including phenoxy) is 2. The van der Waals surface area contributed by atoms with E-state index < -0.39 is 5.60 Å². The van der Waals surface area contributed by atoms with E-state index in [1.165, 1.54) is 0 Å². The van der Waals surface area contributed by atoms with Crippen LogP contribution >= 0.6 is 0 Å². The molecule has 2 unspecified atom stereocenters. The summed E-state index contributed by atoms with van der Waals surface area (Å²) in [4.78, 5) is 0. The molecule has 122 valence electrons. The van der Waals surface area contributed by atoms with E-state index in [4.69, 9.17) is 9.47 Å². The lowest BCUT2D eigenvalue weighted by molar-refractivity contribution is -0.101. The maximum absolute atomic E-state index is 12.0. The van der Waals surface area contributed by atoms with Gasteiger partial charge in [0.05, 0.1) is 6.73 Å². The highest BCUT2D eigenvalue weighted by molar-refractivity contribution is 5.25. The molecule has 2 aromatic rings. The highest BCUT2D eigenvalue weighted by Crippen LogP contribution is 2.35. The molecule has 23 heavy (non-hydrogen) atoms. The smallest absolute Gasteiger partial charge is 0.129 e. The summed E-state index contributed by atoms with van der Waals surface area (Å²) in [5.74, 6) is 0.808. The van der Waals surface area contributed by atoms with Crippen LogP contribution in [0.1, 0.15) is 25.3 Å². The molecule has 4 heteroatoms. The predicted molar refractivity (Wildman–Crippen MR) is 89.9 cm³/mol. The van der Waals surface area contributed by atoms with E-state index in [1.807, 2.05) is 67.6 Å². The van der Waals surface area contributed by atoms with E-state index in [2.05, 4.69) is 0 Å². The average molecular weight is 312 g/mol. The lowest BCUT2D eigenvalue weighted by Gasteiger charge is -2.35. The van der Waals surface area contributed by atoms with E-state index in [0.29, 0.717) is 6.61 Å². The van der Waals surface area contributed by atoms with Gasteiger partial charge in [-0.25, -0.2) is 0 Å². The first-order chi connectivity index (χ1) is 11.2. The van der Waals surface area contributed by atoms with Gasteiger partial charge in [-0.3, -0.25) is 0 Å². The van der Waals surface area contributed by atoms with E-state index >= 15 is 0 Å². The first-order valence-corrected chi connectivity index (χ1v) is 8.01. The summed E-state index contributed by atoms with van der Waals surface area (Å²) >= 11 is 0. The van der Waals surface area contributed by atoms with Crippen LogP contribution in [-0.2, 0) is 10.3 Å². The average Bonchev–Trinajstić information content (AvgIpc) is 2.76. The van der Waals surface area contributed by atoms with Crippen LogP contribution in [0.4, 0.5) is 0 Å². The van der Waals surface area contributed by atoms with Gasteiger partial charge in [0, 0.05) is 0 Å². The molecule has 0 spiro atoms. The summed E-state index contributed by atoms with van der Waals surface area (Å²) < 4.78 is 12.1. The van der Waals surface area contributed by atoms with Crippen molar-refractivity contribution in [3.63, 3.8) is 0 Å². The Morgan fingerprint density at radius 1 is 1.13 bits per heavy atom. The molecule has 4 nitrogen and oxygen atoms in total. The minimum Gasteiger partial charge on any atom is -0.783 e. The third-order valence-corrected chi connectivity index (χ3v) is 4.44.